The molecule has 0 unspecified atom stereocenters. The fraction of sp³-hybridized carbons (Fsp3) is 0.600. The number of ether oxygens (including phenoxy) is 2. The Morgan fingerprint density at radius 1 is 1.29 bits per heavy atom. The van der Waals surface area contributed by atoms with Crippen LogP contribution in [0.25, 0.3) is 0 Å². The number of benzene rings is 1. The SMILES string of the molecule is CCOc1cc(C)ccc1S(=O)(=O)N1C[C@@H](C)O[C@@H](C)C1. The standard InChI is InChI=1S/C15H23NO4S/c1-5-19-14-8-11(2)6-7-15(14)21(17,18)16-9-12(3)20-13(4)10-16/h6-8,12-13H,5,9-10H2,1-4H3/t12-,13+. The van der Waals surface area contributed by atoms with Crippen molar-refractivity contribution in [2.24, 2.45) is 0 Å². The zero-order chi connectivity index (χ0) is 15.6. The van der Waals surface area contributed by atoms with Crippen LogP contribution in [-0.4, -0.2) is 44.6 Å². The minimum Gasteiger partial charge on any atom is -0.492 e. The number of hydrogen-bond acceptors (Lipinski definition) is 4. The topological polar surface area (TPSA) is 55.8 Å². The van der Waals surface area contributed by atoms with Gasteiger partial charge in [-0.1, -0.05) is 6.07 Å². The maximum atomic E-state index is 12.9. The second-order valence-electron chi connectivity index (χ2n) is 5.46. The molecule has 1 fully saturated rings. The van der Waals surface area contributed by atoms with Gasteiger partial charge < -0.3 is 9.47 Å². The summed E-state index contributed by atoms with van der Waals surface area (Å²) in [5.74, 6) is 0.421. The summed E-state index contributed by atoms with van der Waals surface area (Å²) in [7, 11) is -3.57. The molecular weight excluding hydrogens is 290 g/mol. The minimum absolute atomic E-state index is 0.107. The molecule has 1 aromatic rings. The van der Waals surface area contributed by atoms with Crippen LogP contribution in [0, 0.1) is 6.92 Å². The van der Waals surface area contributed by atoms with E-state index >= 15 is 0 Å². The summed E-state index contributed by atoms with van der Waals surface area (Å²) >= 11 is 0. The number of hydrogen-bond donors (Lipinski definition) is 0. The van der Waals surface area contributed by atoms with Gasteiger partial charge in [0.1, 0.15) is 10.6 Å². The van der Waals surface area contributed by atoms with E-state index in [9.17, 15) is 8.42 Å². The summed E-state index contributed by atoms with van der Waals surface area (Å²) in [6.07, 6.45) is -0.214. The van der Waals surface area contributed by atoms with Gasteiger partial charge in [-0.05, 0) is 45.4 Å². The van der Waals surface area contributed by atoms with Crippen molar-refractivity contribution in [1.29, 1.82) is 0 Å². The quantitative estimate of drug-likeness (QED) is 0.855. The molecule has 0 N–H and O–H groups in total. The lowest BCUT2D eigenvalue weighted by Gasteiger charge is -2.34. The molecule has 0 spiro atoms. The minimum atomic E-state index is -3.57. The number of nitrogens with zero attached hydrogens (tertiary/aromatic N) is 1. The maximum Gasteiger partial charge on any atom is 0.246 e. The van der Waals surface area contributed by atoms with E-state index in [1.165, 1.54) is 4.31 Å². The van der Waals surface area contributed by atoms with Crippen molar-refractivity contribution >= 4 is 10.0 Å². The number of rotatable bonds is 4. The normalized spacial score (nSPS) is 24.0. The van der Waals surface area contributed by atoms with Gasteiger partial charge >= 0.3 is 0 Å². The van der Waals surface area contributed by atoms with E-state index in [-0.39, 0.29) is 17.1 Å². The number of aryl methyl sites for hydroxylation is 1. The van der Waals surface area contributed by atoms with Gasteiger partial charge in [-0.2, -0.15) is 4.31 Å². The summed E-state index contributed by atoms with van der Waals surface area (Å²) < 4.78 is 38.4. The van der Waals surface area contributed by atoms with Crippen molar-refractivity contribution in [3.63, 3.8) is 0 Å². The second-order valence-corrected chi connectivity index (χ2v) is 7.37. The monoisotopic (exact) mass is 313 g/mol. The Kier molecular flexibility index (Phi) is 4.91. The summed E-state index contributed by atoms with van der Waals surface area (Å²) in [5, 5.41) is 0. The van der Waals surface area contributed by atoms with Gasteiger partial charge in [0, 0.05) is 13.1 Å². The van der Waals surface area contributed by atoms with Crippen molar-refractivity contribution in [3.05, 3.63) is 23.8 Å². The van der Waals surface area contributed by atoms with Crippen LogP contribution in [0.5, 0.6) is 5.75 Å². The molecule has 1 saturated heterocycles. The van der Waals surface area contributed by atoms with Gasteiger partial charge in [0.05, 0.1) is 18.8 Å². The van der Waals surface area contributed by atoms with Crippen molar-refractivity contribution < 1.29 is 17.9 Å². The van der Waals surface area contributed by atoms with Gasteiger partial charge in [0.15, 0.2) is 0 Å². The van der Waals surface area contributed by atoms with Crippen LogP contribution in [-0.2, 0) is 14.8 Å². The van der Waals surface area contributed by atoms with E-state index in [1.807, 2.05) is 27.7 Å². The molecule has 5 nitrogen and oxygen atoms in total. The van der Waals surface area contributed by atoms with Crippen LogP contribution >= 0.6 is 0 Å². The molecule has 0 aliphatic carbocycles. The van der Waals surface area contributed by atoms with E-state index < -0.39 is 10.0 Å². The molecule has 0 amide bonds. The highest BCUT2D eigenvalue weighted by atomic mass is 32.2. The molecule has 6 heteroatoms. The van der Waals surface area contributed by atoms with Gasteiger partial charge in [0.2, 0.25) is 10.0 Å². The van der Waals surface area contributed by atoms with Crippen LogP contribution in [0.1, 0.15) is 26.3 Å². The van der Waals surface area contributed by atoms with Crippen LogP contribution in [0.2, 0.25) is 0 Å². The van der Waals surface area contributed by atoms with E-state index in [1.54, 1.807) is 18.2 Å². The predicted molar refractivity (Wildman–Crippen MR) is 81.1 cm³/mol. The van der Waals surface area contributed by atoms with Crippen molar-refractivity contribution in [2.45, 2.75) is 44.8 Å². The average Bonchev–Trinajstić information content (AvgIpc) is 2.37. The molecule has 0 bridgehead atoms. The molecule has 1 aromatic carbocycles. The van der Waals surface area contributed by atoms with Crippen LogP contribution in [0.3, 0.4) is 0 Å². The molecule has 21 heavy (non-hydrogen) atoms. The van der Waals surface area contributed by atoms with Crippen molar-refractivity contribution in [1.82, 2.24) is 4.31 Å². The van der Waals surface area contributed by atoms with E-state index in [4.69, 9.17) is 9.47 Å². The van der Waals surface area contributed by atoms with Crippen molar-refractivity contribution in [2.75, 3.05) is 19.7 Å². The Bertz CT molecular complexity index is 590. The van der Waals surface area contributed by atoms with Crippen LogP contribution in [0.15, 0.2) is 23.1 Å². The van der Waals surface area contributed by atoms with Crippen LogP contribution in [0.4, 0.5) is 0 Å². The maximum absolute atomic E-state index is 12.9. The molecular formula is C15H23NO4S. The lowest BCUT2D eigenvalue weighted by molar-refractivity contribution is -0.0441. The molecule has 1 heterocycles. The van der Waals surface area contributed by atoms with Gasteiger partial charge in [0.25, 0.3) is 0 Å². The van der Waals surface area contributed by atoms with E-state index in [2.05, 4.69) is 0 Å². The summed E-state index contributed by atoms with van der Waals surface area (Å²) in [6.45, 7) is 8.70. The molecule has 1 aliphatic rings. The molecule has 0 radical (unpaired) electrons. The number of sulfonamides is 1. The molecule has 2 atom stereocenters. The molecule has 0 aromatic heterocycles. The Hall–Kier alpha value is -1.11. The first-order valence-electron chi connectivity index (χ1n) is 7.23. The molecule has 0 saturated carbocycles. The lowest BCUT2D eigenvalue weighted by atomic mass is 10.2. The zero-order valence-electron chi connectivity index (χ0n) is 13.0. The number of morpholine rings is 1. The summed E-state index contributed by atoms with van der Waals surface area (Å²) in [5.41, 5.74) is 0.973. The highest BCUT2D eigenvalue weighted by Gasteiger charge is 2.33. The smallest absolute Gasteiger partial charge is 0.246 e. The Morgan fingerprint density at radius 3 is 2.48 bits per heavy atom. The van der Waals surface area contributed by atoms with Gasteiger partial charge in [-0.3, -0.25) is 0 Å². The van der Waals surface area contributed by atoms with E-state index in [0.717, 1.165) is 5.56 Å². The fourth-order valence-corrected chi connectivity index (χ4v) is 4.27. The largest absolute Gasteiger partial charge is 0.492 e. The highest BCUT2D eigenvalue weighted by molar-refractivity contribution is 7.89. The molecule has 2 rings (SSSR count). The Morgan fingerprint density at radius 2 is 1.90 bits per heavy atom. The van der Waals surface area contributed by atoms with E-state index in [0.29, 0.717) is 25.4 Å². The molecule has 118 valence electrons. The van der Waals surface area contributed by atoms with Crippen LogP contribution < -0.4 is 4.74 Å². The third kappa shape index (κ3) is 3.56. The predicted octanol–water partition coefficient (Wildman–Crippen LogP) is 2.19. The third-order valence-electron chi connectivity index (χ3n) is 3.40. The molecule has 1 aliphatic heterocycles. The first-order valence-corrected chi connectivity index (χ1v) is 8.67. The fourth-order valence-electron chi connectivity index (χ4n) is 2.56. The first kappa shape index (κ1) is 16.3. The second kappa shape index (κ2) is 6.34. The average molecular weight is 313 g/mol. The zero-order valence-corrected chi connectivity index (χ0v) is 13.8. The highest BCUT2D eigenvalue weighted by Crippen LogP contribution is 2.29. The third-order valence-corrected chi connectivity index (χ3v) is 5.27. The van der Waals surface area contributed by atoms with Gasteiger partial charge in [-0.25, -0.2) is 8.42 Å². The summed E-state index contributed by atoms with van der Waals surface area (Å²) in [6, 6.07) is 5.19. The first-order chi connectivity index (χ1) is 9.84. The van der Waals surface area contributed by atoms with Crippen molar-refractivity contribution in [3.8, 4) is 5.75 Å². The Labute approximate surface area is 126 Å². The Balaban J connectivity index is 2.39. The lowest BCUT2D eigenvalue weighted by Crippen LogP contribution is -2.48. The van der Waals surface area contributed by atoms with Gasteiger partial charge in [-0.15, -0.1) is 0 Å². The summed E-state index contributed by atoms with van der Waals surface area (Å²) in [4.78, 5) is 0.233.